The average molecular weight is 236 g/mol. The second-order valence-corrected chi connectivity index (χ2v) is 5.00. The van der Waals surface area contributed by atoms with E-state index in [0.717, 1.165) is 32.6 Å². The number of hydrogen-bond donors (Lipinski definition) is 1. The molecule has 2 rings (SSSR count). The molecular formula is C11H19F3N2. The van der Waals surface area contributed by atoms with E-state index in [-0.39, 0.29) is 6.54 Å². The van der Waals surface area contributed by atoms with Gasteiger partial charge in [0.2, 0.25) is 0 Å². The fourth-order valence-corrected chi connectivity index (χ4v) is 2.72. The fraction of sp³-hybridized carbons (Fsp3) is 1.00. The summed E-state index contributed by atoms with van der Waals surface area (Å²) in [7, 11) is 0. The van der Waals surface area contributed by atoms with Crippen molar-refractivity contribution in [2.75, 3.05) is 32.7 Å². The molecule has 2 aliphatic heterocycles. The van der Waals surface area contributed by atoms with Crippen LogP contribution in [0.3, 0.4) is 0 Å². The predicted octanol–water partition coefficient (Wildman–Crippen LogP) is 1.87. The summed E-state index contributed by atoms with van der Waals surface area (Å²) < 4.78 is 37.8. The maximum atomic E-state index is 12.6. The molecule has 2 nitrogen and oxygen atoms in total. The van der Waals surface area contributed by atoms with Gasteiger partial charge in [0, 0.05) is 13.1 Å². The Hall–Kier alpha value is -0.290. The highest BCUT2D eigenvalue weighted by Gasteiger charge is 2.41. The van der Waals surface area contributed by atoms with Crippen molar-refractivity contribution in [3.63, 3.8) is 0 Å². The number of hydrogen-bond acceptors (Lipinski definition) is 2. The van der Waals surface area contributed by atoms with Crippen LogP contribution in [0.2, 0.25) is 0 Å². The summed E-state index contributed by atoms with van der Waals surface area (Å²) in [5.74, 6) is -0.553. The van der Waals surface area contributed by atoms with Gasteiger partial charge in [-0.3, -0.25) is 0 Å². The summed E-state index contributed by atoms with van der Waals surface area (Å²) in [6, 6.07) is 0. The molecule has 2 aliphatic rings. The molecule has 1 N–H and O–H groups in total. The third-order valence-electron chi connectivity index (χ3n) is 3.65. The number of piperidine rings is 1. The fourth-order valence-electron chi connectivity index (χ4n) is 2.72. The Bertz CT molecular complexity index is 224. The van der Waals surface area contributed by atoms with Gasteiger partial charge in [0.15, 0.2) is 0 Å². The highest BCUT2D eigenvalue weighted by Crippen LogP contribution is 2.33. The minimum atomic E-state index is -4.01. The summed E-state index contributed by atoms with van der Waals surface area (Å²) >= 11 is 0. The molecule has 94 valence electrons. The van der Waals surface area contributed by atoms with Gasteiger partial charge in [-0.25, -0.2) is 0 Å². The van der Waals surface area contributed by atoms with Gasteiger partial charge in [0.05, 0.1) is 5.92 Å². The maximum absolute atomic E-state index is 12.6. The molecule has 0 aliphatic carbocycles. The molecule has 2 heterocycles. The first-order valence-corrected chi connectivity index (χ1v) is 6.05. The smallest absolute Gasteiger partial charge is 0.316 e. The van der Waals surface area contributed by atoms with Crippen LogP contribution in [0.15, 0.2) is 0 Å². The molecule has 0 spiro atoms. The maximum Gasteiger partial charge on any atom is 0.393 e. The lowest BCUT2D eigenvalue weighted by Gasteiger charge is -2.34. The van der Waals surface area contributed by atoms with Gasteiger partial charge in [-0.05, 0) is 44.8 Å². The van der Waals surface area contributed by atoms with E-state index in [1.54, 1.807) is 0 Å². The van der Waals surface area contributed by atoms with E-state index in [4.69, 9.17) is 0 Å². The monoisotopic (exact) mass is 236 g/mol. The van der Waals surface area contributed by atoms with E-state index in [1.807, 2.05) is 4.90 Å². The van der Waals surface area contributed by atoms with Gasteiger partial charge >= 0.3 is 6.18 Å². The van der Waals surface area contributed by atoms with E-state index in [1.165, 1.54) is 0 Å². The summed E-state index contributed by atoms with van der Waals surface area (Å²) in [6.07, 6.45) is -1.91. The lowest BCUT2D eigenvalue weighted by Crippen LogP contribution is -2.43. The second-order valence-electron chi connectivity index (χ2n) is 5.00. The van der Waals surface area contributed by atoms with Crippen LogP contribution in [0.1, 0.15) is 19.3 Å². The Balaban J connectivity index is 1.81. The molecular weight excluding hydrogens is 217 g/mol. The molecule has 0 radical (unpaired) electrons. The molecule has 16 heavy (non-hydrogen) atoms. The first-order chi connectivity index (χ1) is 7.55. The van der Waals surface area contributed by atoms with Gasteiger partial charge in [-0.2, -0.15) is 13.2 Å². The highest BCUT2D eigenvalue weighted by atomic mass is 19.4. The first-order valence-electron chi connectivity index (χ1n) is 6.05. The third-order valence-corrected chi connectivity index (χ3v) is 3.65. The van der Waals surface area contributed by atoms with Crippen molar-refractivity contribution in [3.8, 4) is 0 Å². The molecule has 0 aromatic heterocycles. The molecule has 2 saturated heterocycles. The molecule has 0 aromatic carbocycles. The molecule has 2 atom stereocenters. The summed E-state index contributed by atoms with van der Waals surface area (Å²) in [6.45, 7) is 3.86. The quantitative estimate of drug-likeness (QED) is 0.787. The zero-order chi connectivity index (χ0) is 11.6. The summed E-state index contributed by atoms with van der Waals surface area (Å²) in [5.41, 5.74) is 0. The average Bonchev–Trinajstić information content (AvgIpc) is 2.70. The van der Waals surface area contributed by atoms with Gasteiger partial charge in [0.1, 0.15) is 0 Å². The predicted molar refractivity (Wildman–Crippen MR) is 56.2 cm³/mol. The summed E-state index contributed by atoms with van der Waals surface area (Å²) in [4.78, 5) is 2.00. The normalized spacial score (nSPS) is 33.2. The van der Waals surface area contributed by atoms with Crippen molar-refractivity contribution in [2.24, 2.45) is 11.8 Å². The number of nitrogens with zero attached hydrogens (tertiary/aromatic N) is 1. The molecule has 0 aromatic rings. The van der Waals surface area contributed by atoms with Gasteiger partial charge < -0.3 is 10.2 Å². The molecule has 0 amide bonds. The second kappa shape index (κ2) is 4.92. The number of likely N-dealkylation sites (tertiary alicyclic amines) is 1. The van der Waals surface area contributed by atoms with Crippen LogP contribution in [0.25, 0.3) is 0 Å². The van der Waals surface area contributed by atoms with Gasteiger partial charge in [-0.15, -0.1) is 0 Å². The van der Waals surface area contributed by atoms with Gasteiger partial charge in [0.25, 0.3) is 0 Å². The van der Waals surface area contributed by atoms with Crippen molar-refractivity contribution in [2.45, 2.75) is 25.4 Å². The van der Waals surface area contributed by atoms with Crippen LogP contribution in [-0.2, 0) is 0 Å². The molecule has 5 heteroatoms. The van der Waals surface area contributed by atoms with Crippen molar-refractivity contribution < 1.29 is 13.2 Å². The van der Waals surface area contributed by atoms with Crippen LogP contribution >= 0.6 is 0 Å². The highest BCUT2D eigenvalue weighted by molar-refractivity contribution is 4.81. The largest absolute Gasteiger partial charge is 0.393 e. The van der Waals surface area contributed by atoms with E-state index < -0.39 is 12.1 Å². The molecule has 2 fully saturated rings. The van der Waals surface area contributed by atoms with E-state index in [9.17, 15) is 13.2 Å². The lowest BCUT2D eigenvalue weighted by molar-refractivity contribution is -0.187. The van der Waals surface area contributed by atoms with E-state index >= 15 is 0 Å². The topological polar surface area (TPSA) is 15.3 Å². The number of nitrogens with one attached hydrogen (secondary N) is 1. The van der Waals surface area contributed by atoms with Crippen LogP contribution in [0.5, 0.6) is 0 Å². The number of alkyl halides is 3. The Kier molecular flexibility index (Phi) is 3.74. The molecule has 0 saturated carbocycles. The van der Waals surface area contributed by atoms with Crippen molar-refractivity contribution >= 4 is 0 Å². The Morgan fingerprint density at radius 3 is 2.69 bits per heavy atom. The van der Waals surface area contributed by atoms with Crippen LogP contribution in [-0.4, -0.2) is 43.8 Å². The Morgan fingerprint density at radius 2 is 2.06 bits per heavy atom. The summed E-state index contributed by atoms with van der Waals surface area (Å²) in [5, 5.41) is 3.25. The molecule has 0 bridgehead atoms. The molecule has 2 unspecified atom stereocenters. The Morgan fingerprint density at radius 1 is 1.25 bits per heavy atom. The SMILES string of the molecule is FC(F)(F)C1CCCN(CC2CCNC2)C1. The van der Waals surface area contributed by atoms with E-state index in [0.29, 0.717) is 18.8 Å². The van der Waals surface area contributed by atoms with Crippen molar-refractivity contribution in [3.05, 3.63) is 0 Å². The third kappa shape index (κ3) is 3.10. The van der Waals surface area contributed by atoms with E-state index in [2.05, 4.69) is 5.32 Å². The standard InChI is InChI=1S/C11H19F3N2/c12-11(13,14)10-2-1-5-16(8-10)7-9-3-4-15-6-9/h9-10,15H,1-8H2. The van der Waals surface area contributed by atoms with Crippen LogP contribution in [0.4, 0.5) is 13.2 Å². The minimum absolute atomic E-state index is 0.208. The van der Waals surface area contributed by atoms with Crippen LogP contribution in [0, 0.1) is 11.8 Å². The van der Waals surface area contributed by atoms with Crippen LogP contribution < -0.4 is 5.32 Å². The number of halogens is 3. The number of rotatable bonds is 2. The van der Waals surface area contributed by atoms with Gasteiger partial charge in [-0.1, -0.05) is 0 Å². The first kappa shape index (κ1) is 12.2. The van der Waals surface area contributed by atoms with Crippen molar-refractivity contribution in [1.29, 1.82) is 0 Å². The lowest BCUT2D eigenvalue weighted by atomic mass is 9.96. The Labute approximate surface area is 94.2 Å². The minimum Gasteiger partial charge on any atom is -0.316 e. The zero-order valence-electron chi connectivity index (χ0n) is 9.39. The zero-order valence-corrected chi connectivity index (χ0v) is 9.39. The van der Waals surface area contributed by atoms with Crippen molar-refractivity contribution in [1.82, 2.24) is 10.2 Å².